The van der Waals surface area contributed by atoms with Gasteiger partial charge in [0, 0.05) is 25.3 Å². The third-order valence-corrected chi connectivity index (χ3v) is 4.74. The Labute approximate surface area is 130 Å². The van der Waals surface area contributed by atoms with Crippen molar-refractivity contribution in [3.63, 3.8) is 0 Å². The van der Waals surface area contributed by atoms with Gasteiger partial charge in [-0.1, -0.05) is 45.9 Å². The molecule has 0 saturated heterocycles. The minimum atomic E-state index is 0.347. The number of fused-ring (bicyclic) bond motifs is 1. The summed E-state index contributed by atoms with van der Waals surface area (Å²) in [4.78, 5) is 2.61. The molecule has 0 spiro atoms. The SMILES string of the molecule is CCC(C)(CNCC(C)C)CN1CCCc2ccccc21. The number of anilines is 1. The maximum atomic E-state index is 3.66. The van der Waals surface area contributed by atoms with Crippen LogP contribution in [0.1, 0.15) is 46.1 Å². The molecule has 118 valence electrons. The van der Waals surface area contributed by atoms with E-state index in [2.05, 4.69) is 62.2 Å². The first-order chi connectivity index (χ1) is 10.0. The fourth-order valence-corrected chi connectivity index (χ4v) is 3.19. The Morgan fingerprint density at radius 2 is 2.05 bits per heavy atom. The summed E-state index contributed by atoms with van der Waals surface area (Å²) in [5, 5.41) is 3.66. The van der Waals surface area contributed by atoms with Crippen LogP contribution in [0.3, 0.4) is 0 Å². The van der Waals surface area contributed by atoms with E-state index in [4.69, 9.17) is 0 Å². The molecule has 21 heavy (non-hydrogen) atoms. The molecule has 2 nitrogen and oxygen atoms in total. The molecule has 0 fully saturated rings. The van der Waals surface area contributed by atoms with E-state index in [0.29, 0.717) is 5.41 Å². The lowest BCUT2D eigenvalue weighted by molar-refractivity contribution is 0.288. The second-order valence-corrected chi connectivity index (χ2v) is 7.34. The lowest BCUT2D eigenvalue weighted by atomic mass is 9.85. The number of benzene rings is 1. The quantitative estimate of drug-likeness (QED) is 0.812. The summed E-state index contributed by atoms with van der Waals surface area (Å²) in [6, 6.07) is 8.94. The molecule has 0 amide bonds. The predicted molar refractivity (Wildman–Crippen MR) is 93.1 cm³/mol. The standard InChI is InChI=1S/C19H32N2/c1-5-19(4,14-20-13-16(2)3)15-21-12-8-10-17-9-6-7-11-18(17)21/h6-7,9,11,16,20H,5,8,10,12-15H2,1-4H3. The van der Waals surface area contributed by atoms with Crippen molar-refractivity contribution in [2.45, 2.75) is 47.0 Å². The van der Waals surface area contributed by atoms with E-state index < -0.39 is 0 Å². The molecule has 1 aliphatic rings. The molecule has 2 rings (SSSR count). The van der Waals surface area contributed by atoms with Crippen LogP contribution in [-0.4, -0.2) is 26.2 Å². The largest absolute Gasteiger partial charge is 0.371 e. The van der Waals surface area contributed by atoms with Gasteiger partial charge in [-0.15, -0.1) is 0 Å². The first-order valence-corrected chi connectivity index (χ1v) is 8.57. The van der Waals surface area contributed by atoms with Crippen LogP contribution in [0.15, 0.2) is 24.3 Å². The fourth-order valence-electron chi connectivity index (χ4n) is 3.19. The molecule has 0 saturated carbocycles. The summed E-state index contributed by atoms with van der Waals surface area (Å²) in [7, 11) is 0. The van der Waals surface area contributed by atoms with E-state index in [1.54, 1.807) is 0 Å². The van der Waals surface area contributed by atoms with Crippen LogP contribution in [-0.2, 0) is 6.42 Å². The van der Waals surface area contributed by atoms with Gasteiger partial charge in [0.05, 0.1) is 0 Å². The molecule has 2 heteroatoms. The lowest BCUT2D eigenvalue weighted by Gasteiger charge is -2.39. The van der Waals surface area contributed by atoms with Gasteiger partial charge in [-0.2, -0.15) is 0 Å². The van der Waals surface area contributed by atoms with Crippen molar-refractivity contribution < 1.29 is 0 Å². The van der Waals surface area contributed by atoms with Gasteiger partial charge in [0.25, 0.3) is 0 Å². The second-order valence-electron chi connectivity index (χ2n) is 7.34. The Morgan fingerprint density at radius 1 is 1.29 bits per heavy atom. The van der Waals surface area contributed by atoms with Crippen molar-refractivity contribution in [1.82, 2.24) is 5.32 Å². The average molecular weight is 288 g/mol. The predicted octanol–water partition coefficient (Wildman–Crippen LogP) is 4.10. The minimum Gasteiger partial charge on any atom is -0.371 e. The molecule has 1 N–H and O–H groups in total. The van der Waals surface area contributed by atoms with Gasteiger partial charge in [-0.3, -0.25) is 0 Å². The summed E-state index contributed by atoms with van der Waals surface area (Å²) in [5.41, 5.74) is 3.34. The summed E-state index contributed by atoms with van der Waals surface area (Å²) in [6.45, 7) is 13.9. The highest BCUT2D eigenvalue weighted by Gasteiger charge is 2.27. The minimum absolute atomic E-state index is 0.347. The monoisotopic (exact) mass is 288 g/mol. The van der Waals surface area contributed by atoms with Crippen molar-refractivity contribution in [3.05, 3.63) is 29.8 Å². The Hall–Kier alpha value is -1.02. The average Bonchev–Trinajstić information content (AvgIpc) is 2.47. The van der Waals surface area contributed by atoms with E-state index in [0.717, 1.165) is 25.6 Å². The summed E-state index contributed by atoms with van der Waals surface area (Å²) < 4.78 is 0. The summed E-state index contributed by atoms with van der Waals surface area (Å²) in [5.74, 6) is 0.724. The molecule has 0 radical (unpaired) electrons. The topological polar surface area (TPSA) is 15.3 Å². The Bertz CT molecular complexity index is 441. The molecule has 1 unspecified atom stereocenters. The van der Waals surface area contributed by atoms with E-state index in [1.165, 1.54) is 37.1 Å². The summed E-state index contributed by atoms with van der Waals surface area (Å²) >= 11 is 0. The van der Waals surface area contributed by atoms with Crippen molar-refractivity contribution in [1.29, 1.82) is 0 Å². The zero-order valence-electron chi connectivity index (χ0n) is 14.3. The van der Waals surface area contributed by atoms with E-state index in [9.17, 15) is 0 Å². The van der Waals surface area contributed by atoms with Crippen LogP contribution in [0.25, 0.3) is 0 Å². The van der Waals surface area contributed by atoms with Gasteiger partial charge in [0.15, 0.2) is 0 Å². The number of aryl methyl sites for hydroxylation is 1. The van der Waals surface area contributed by atoms with E-state index >= 15 is 0 Å². The highest BCUT2D eigenvalue weighted by molar-refractivity contribution is 5.55. The molecular weight excluding hydrogens is 256 g/mol. The van der Waals surface area contributed by atoms with Crippen molar-refractivity contribution >= 4 is 5.69 Å². The van der Waals surface area contributed by atoms with Gasteiger partial charge >= 0.3 is 0 Å². The maximum absolute atomic E-state index is 3.66. The van der Waals surface area contributed by atoms with Gasteiger partial charge in [0.1, 0.15) is 0 Å². The second kappa shape index (κ2) is 7.31. The third-order valence-electron chi connectivity index (χ3n) is 4.74. The molecule has 1 aromatic carbocycles. The number of rotatable bonds is 7. The first-order valence-electron chi connectivity index (χ1n) is 8.57. The van der Waals surface area contributed by atoms with Crippen LogP contribution < -0.4 is 10.2 Å². The third kappa shape index (κ3) is 4.47. The number of hydrogen-bond donors (Lipinski definition) is 1. The highest BCUT2D eigenvalue weighted by atomic mass is 15.1. The molecule has 0 aliphatic carbocycles. The molecule has 0 aromatic heterocycles. The smallest absolute Gasteiger partial charge is 0.0398 e. The van der Waals surface area contributed by atoms with Gasteiger partial charge in [-0.25, -0.2) is 0 Å². The van der Waals surface area contributed by atoms with Crippen molar-refractivity contribution in [2.75, 3.05) is 31.1 Å². The van der Waals surface area contributed by atoms with Crippen LogP contribution >= 0.6 is 0 Å². The molecule has 1 aliphatic heterocycles. The van der Waals surface area contributed by atoms with Crippen molar-refractivity contribution in [3.8, 4) is 0 Å². The molecule has 0 bridgehead atoms. The molecule has 1 aromatic rings. The Balaban J connectivity index is 2.01. The zero-order chi connectivity index (χ0) is 15.3. The van der Waals surface area contributed by atoms with E-state index in [1.807, 2.05) is 0 Å². The zero-order valence-corrected chi connectivity index (χ0v) is 14.3. The highest BCUT2D eigenvalue weighted by Crippen LogP contribution is 2.31. The number of nitrogens with zero attached hydrogens (tertiary/aromatic N) is 1. The van der Waals surface area contributed by atoms with Gasteiger partial charge in [-0.05, 0) is 48.8 Å². The number of hydrogen-bond acceptors (Lipinski definition) is 2. The van der Waals surface area contributed by atoms with Crippen LogP contribution in [0, 0.1) is 11.3 Å². The number of para-hydroxylation sites is 1. The van der Waals surface area contributed by atoms with Crippen LogP contribution in [0.4, 0.5) is 5.69 Å². The fraction of sp³-hybridized carbons (Fsp3) is 0.684. The normalized spacial score (nSPS) is 17.7. The van der Waals surface area contributed by atoms with Crippen LogP contribution in [0.5, 0.6) is 0 Å². The van der Waals surface area contributed by atoms with Crippen molar-refractivity contribution in [2.24, 2.45) is 11.3 Å². The van der Waals surface area contributed by atoms with E-state index in [-0.39, 0.29) is 0 Å². The number of nitrogens with one attached hydrogen (secondary N) is 1. The Morgan fingerprint density at radius 3 is 2.76 bits per heavy atom. The maximum Gasteiger partial charge on any atom is 0.0398 e. The lowest BCUT2D eigenvalue weighted by Crippen LogP contribution is -2.44. The van der Waals surface area contributed by atoms with Crippen LogP contribution in [0.2, 0.25) is 0 Å². The van der Waals surface area contributed by atoms with Gasteiger partial charge in [0.2, 0.25) is 0 Å². The summed E-state index contributed by atoms with van der Waals surface area (Å²) in [6.07, 6.45) is 3.74. The molecule has 1 atom stereocenters. The molecular formula is C19H32N2. The molecule has 1 heterocycles. The Kier molecular flexibility index (Phi) is 5.69. The first kappa shape index (κ1) is 16.4. The van der Waals surface area contributed by atoms with Gasteiger partial charge < -0.3 is 10.2 Å².